The second kappa shape index (κ2) is 7.50. The standard InChI is InChI=1S/C20H18O10/c21-9-3-1-8(2-4-9)18-19(30-20-17(27)15(25)12(24)7-28-20)16(26)14-11(23)5-10(22)6-13(14)29-18/h1-6,12,15,17,20-25,27H,7H2/t12-,15+,17+,20+/m1/s1. The summed E-state index contributed by atoms with van der Waals surface area (Å²) in [5, 5.41) is 58.7. The predicted octanol–water partition coefficient (Wildman–Crippen LogP) is 0.395. The van der Waals surface area contributed by atoms with Crippen molar-refractivity contribution in [3.05, 3.63) is 46.6 Å². The fourth-order valence-corrected chi connectivity index (χ4v) is 3.18. The van der Waals surface area contributed by atoms with Crippen LogP contribution >= 0.6 is 0 Å². The highest BCUT2D eigenvalue weighted by atomic mass is 16.7. The molecule has 158 valence electrons. The van der Waals surface area contributed by atoms with E-state index in [0.29, 0.717) is 5.56 Å². The molecule has 1 aliphatic heterocycles. The van der Waals surface area contributed by atoms with Gasteiger partial charge in [-0.3, -0.25) is 4.79 Å². The number of aromatic hydroxyl groups is 3. The van der Waals surface area contributed by atoms with E-state index >= 15 is 0 Å². The van der Waals surface area contributed by atoms with Gasteiger partial charge in [0.25, 0.3) is 0 Å². The van der Waals surface area contributed by atoms with E-state index in [-0.39, 0.29) is 34.8 Å². The van der Waals surface area contributed by atoms with Crippen LogP contribution in [0.5, 0.6) is 23.0 Å². The molecule has 30 heavy (non-hydrogen) atoms. The van der Waals surface area contributed by atoms with Gasteiger partial charge in [0.15, 0.2) is 5.76 Å². The zero-order valence-corrected chi connectivity index (χ0v) is 15.3. The molecule has 4 atom stereocenters. The molecule has 0 amide bonds. The van der Waals surface area contributed by atoms with E-state index in [0.717, 1.165) is 12.1 Å². The average molecular weight is 418 g/mol. The molecule has 1 saturated heterocycles. The number of phenolic OH excluding ortho intramolecular Hbond substituents is 3. The van der Waals surface area contributed by atoms with Gasteiger partial charge in [0.05, 0.1) is 6.61 Å². The van der Waals surface area contributed by atoms with Crippen LogP contribution < -0.4 is 10.2 Å². The van der Waals surface area contributed by atoms with Crippen molar-refractivity contribution in [1.29, 1.82) is 0 Å². The average Bonchev–Trinajstić information content (AvgIpc) is 2.70. The fraction of sp³-hybridized carbons (Fsp3) is 0.250. The zero-order valence-electron chi connectivity index (χ0n) is 15.3. The molecule has 0 unspecified atom stereocenters. The van der Waals surface area contributed by atoms with Gasteiger partial charge in [0, 0.05) is 17.7 Å². The first-order chi connectivity index (χ1) is 14.3. The van der Waals surface area contributed by atoms with E-state index < -0.39 is 41.5 Å². The van der Waals surface area contributed by atoms with Crippen molar-refractivity contribution in [1.82, 2.24) is 0 Å². The first-order valence-corrected chi connectivity index (χ1v) is 8.91. The number of aliphatic hydroxyl groups is 3. The lowest BCUT2D eigenvalue weighted by Crippen LogP contribution is -2.55. The molecule has 0 bridgehead atoms. The zero-order chi connectivity index (χ0) is 21.6. The van der Waals surface area contributed by atoms with Crippen molar-refractivity contribution in [3.63, 3.8) is 0 Å². The SMILES string of the molecule is O=c1c(O[C@@H]2OC[C@@H](O)[C@H](O)[C@@H]2O)c(-c2ccc(O)cc2)oc2cc(O)cc(O)c12. The van der Waals surface area contributed by atoms with Gasteiger partial charge in [-0.05, 0) is 24.3 Å². The highest BCUT2D eigenvalue weighted by Gasteiger charge is 2.40. The lowest BCUT2D eigenvalue weighted by Gasteiger charge is -2.34. The Hall–Kier alpha value is -3.31. The Morgan fingerprint density at radius 3 is 2.33 bits per heavy atom. The summed E-state index contributed by atoms with van der Waals surface area (Å²) >= 11 is 0. The van der Waals surface area contributed by atoms with Crippen LogP contribution in [-0.4, -0.2) is 61.8 Å². The van der Waals surface area contributed by atoms with Gasteiger partial charge in [0.1, 0.15) is 46.5 Å². The van der Waals surface area contributed by atoms with Crippen LogP contribution in [0.4, 0.5) is 0 Å². The van der Waals surface area contributed by atoms with E-state index in [1.165, 1.54) is 24.3 Å². The molecule has 1 fully saturated rings. The number of hydrogen-bond acceptors (Lipinski definition) is 10. The molecular weight excluding hydrogens is 400 g/mol. The van der Waals surface area contributed by atoms with Gasteiger partial charge in [-0.15, -0.1) is 0 Å². The first-order valence-electron chi connectivity index (χ1n) is 8.91. The number of rotatable bonds is 3. The summed E-state index contributed by atoms with van der Waals surface area (Å²) in [6.45, 7) is -0.352. The van der Waals surface area contributed by atoms with Crippen molar-refractivity contribution in [3.8, 4) is 34.3 Å². The van der Waals surface area contributed by atoms with Gasteiger partial charge in [-0.1, -0.05) is 0 Å². The Kier molecular flexibility index (Phi) is 5.00. The minimum atomic E-state index is -1.68. The Morgan fingerprint density at radius 1 is 0.933 bits per heavy atom. The Labute approximate surface area is 168 Å². The van der Waals surface area contributed by atoms with Crippen molar-refractivity contribution in [2.45, 2.75) is 24.6 Å². The van der Waals surface area contributed by atoms with Crippen LogP contribution in [0.25, 0.3) is 22.3 Å². The summed E-state index contributed by atoms with van der Waals surface area (Å²) in [6.07, 6.45) is -6.10. The molecule has 0 spiro atoms. The van der Waals surface area contributed by atoms with E-state index in [1.54, 1.807) is 0 Å². The lowest BCUT2D eigenvalue weighted by atomic mass is 10.1. The lowest BCUT2D eigenvalue weighted by molar-refractivity contribution is -0.242. The Bertz CT molecular complexity index is 1140. The second-order valence-corrected chi connectivity index (χ2v) is 6.84. The van der Waals surface area contributed by atoms with Crippen LogP contribution in [0, 0.1) is 0 Å². The summed E-state index contributed by atoms with van der Waals surface area (Å²) in [5.41, 5.74) is -0.655. The van der Waals surface area contributed by atoms with Crippen molar-refractivity contribution < 1.29 is 44.5 Å². The molecule has 10 nitrogen and oxygen atoms in total. The maximum Gasteiger partial charge on any atom is 0.239 e. The predicted molar refractivity (Wildman–Crippen MR) is 101 cm³/mol. The van der Waals surface area contributed by atoms with E-state index in [2.05, 4.69) is 0 Å². The summed E-state index contributed by atoms with van der Waals surface area (Å²) in [5.74, 6) is -1.50. The fourth-order valence-electron chi connectivity index (χ4n) is 3.18. The molecule has 6 N–H and O–H groups in total. The van der Waals surface area contributed by atoms with Crippen molar-refractivity contribution >= 4 is 11.0 Å². The second-order valence-electron chi connectivity index (χ2n) is 6.84. The highest BCUT2D eigenvalue weighted by Crippen LogP contribution is 2.37. The Morgan fingerprint density at radius 2 is 1.63 bits per heavy atom. The molecule has 1 aromatic heterocycles. The molecule has 3 aromatic rings. The number of hydrogen-bond donors (Lipinski definition) is 6. The van der Waals surface area contributed by atoms with Gasteiger partial charge >= 0.3 is 0 Å². The minimum absolute atomic E-state index is 0.0391. The van der Waals surface area contributed by atoms with Crippen molar-refractivity contribution in [2.75, 3.05) is 6.61 Å². The van der Waals surface area contributed by atoms with E-state index in [9.17, 15) is 35.4 Å². The van der Waals surface area contributed by atoms with Gasteiger partial charge in [-0.2, -0.15) is 0 Å². The number of fused-ring (bicyclic) bond motifs is 1. The van der Waals surface area contributed by atoms with Crippen LogP contribution in [0.3, 0.4) is 0 Å². The van der Waals surface area contributed by atoms with Gasteiger partial charge < -0.3 is 44.5 Å². The van der Waals surface area contributed by atoms with E-state index in [4.69, 9.17) is 13.9 Å². The summed E-state index contributed by atoms with van der Waals surface area (Å²) < 4.78 is 16.4. The smallest absolute Gasteiger partial charge is 0.239 e. The molecule has 2 aromatic carbocycles. The van der Waals surface area contributed by atoms with Crippen LogP contribution in [0.1, 0.15) is 0 Å². The molecule has 0 saturated carbocycles. The first kappa shape index (κ1) is 20.0. The summed E-state index contributed by atoms with van der Waals surface area (Å²) in [6, 6.07) is 7.65. The minimum Gasteiger partial charge on any atom is -0.508 e. The number of benzene rings is 2. The number of aliphatic hydroxyl groups excluding tert-OH is 3. The molecule has 0 radical (unpaired) electrons. The third kappa shape index (κ3) is 3.42. The third-order valence-electron chi connectivity index (χ3n) is 4.74. The number of phenols is 3. The maximum atomic E-state index is 13.1. The van der Waals surface area contributed by atoms with Gasteiger partial charge in [0.2, 0.25) is 17.5 Å². The monoisotopic (exact) mass is 418 g/mol. The molecule has 10 heteroatoms. The van der Waals surface area contributed by atoms with Crippen molar-refractivity contribution in [2.24, 2.45) is 0 Å². The van der Waals surface area contributed by atoms with E-state index in [1.807, 2.05) is 0 Å². The summed E-state index contributed by atoms with van der Waals surface area (Å²) in [4.78, 5) is 13.1. The molecule has 0 aliphatic carbocycles. The van der Waals surface area contributed by atoms with Crippen LogP contribution in [0.2, 0.25) is 0 Å². The van der Waals surface area contributed by atoms with Crippen LogP contribution in [-0.2, 0) is 4.74 Å². The normalized spacial score (nSPS) is 24.1. The maximum absolute atomic E-state index is 13.1. The topological polar surface area (TPSA) is 170 Å². The van der Waals surface area contributed by atoms with Gasteiger partial charge in [-0.25, -0.2) is 0 Å². The Balaban J connectivity index is 1.90. The molecular formula is C20H18O10. The molecule has 1 aliphatic rings. The third-order valence-corrected chi connectivity index (χ3v) is 4.74. The largest absolute Gasteiger partial charge is 0.508 e. The quantitative estimate of drug-likeness (QED) is 0.350. The molecule has 4 rings (SSSR count). The molecule has 2 heterocycles. The summed E-state index contributed by atoms with van der Waals surface area (Å²) in [7, 11) is 0. The number of ether oxygens (including phenoxy) is 2. The highest BCUT2D eigenvalue weighted by molar-refractivity contribution is 5.88. The van der Waals surface area contributed by atoms with Crippen LogP contribution in [0.15, 0.2) is 45.6 Å².